The van der Waals surface area contributed by atoms with Gasteiger partial charge in [0, 0.05) is 17.6 Å². The van der Waals surface area contributed by atoms with Crippen LogP contribution in [0, 0.1) is 0 Å². The highest BCUT2D eigenvalue weighted by molar-refractivity contribution is 5.95. The van der Waals surface area contributed by atoms with Crippen molar-refractivity contribution in [3.05, 3.63) is 23.8 Å². The second-order valence-electron chi connectivity index (χ2n) is 4.97. The average Bonchev–Trinajstić information content (AvgIpc) is 2.74. The fourth-order valence-corrected chi connectivity index (χ4v) is 2.24. The van der Waals surface area contributed by atoms with Crippen molar-refractivity contribution in [2.75, 3.05) is 6.79 Å². The number of carbonyl (C=O) groups is 1. The molecule has 1 aromatic rings. The number of amides is 1. The highest BCUT2D eigenvalue weighted by Crippen LogP contribution is 2.33. The minimum absolute atomic E-state index is 0.0262. The molecule has 0 aliphatic carbocycles. The van der Waals surface area contributed by atoms with Gasteiger partial charge in [-0.05, 0) is 45.9 Å². The van der Waals surface area contributed by atoms with Crippen LogP contribution in [0.15, 0.2) is 18.2 Å². The molecule has 0 N–H and O–H groups in total. The molecule has 1 aliphatic rings. The second kappa shape index (κ2) is 4.88. The third-order valence-corrected chi connectivity index (χ3v) is 2.97. The molecule has 1 heterocycles. The zero-order chi connectivity index (χ0) is 13.3. The van der Waals surface area contributed by atoms with Crippen molar-refractivity contribution in [3.63, 3.8) is 0 Å². The summed E-state index contributed by atoms with van der Waals surface area (Å²) in [5.41, 5.74) is 0.640. The van der Waals surface area contributed by atoms with Crippen LogP contribution in [0.4, 0.5) is 0 Å². The van der Waals surface area contributed by atoms with Gasteiger partial charge in [-0.25, -0.2) is 0 Å². The van der Waals surface area contributed by atoms with Crippen LogP contribution in [0.1, 0.15) is 38.1 Å². The lowest BCUT2D eigenvalue weighted by molar-refractivity contribution is 0.0643. The van der Waals surface area contributed by atoms with Gasteiger partial charge < -0.3 is 14.4 Å². The van der Waals surface area contributed by atoms with E-state index in [0.29, 0.717) is 17.1 Å². The topological polar surface area (TPSA) is 38.8 Å². The van der Waals surface area contributed by atoms with Gasteiger partial charge in [0.1, 0.15) is 0 Å². The van der Waals surface area contributed by atoms with Gasteiger partial charge in [-0.1, -0.05) is 0 Å². The van der Waals surface area contributed by atoms with Crippen molar-refractivity contribution in [2.45, 2.75) is 39.8 Å². The summed E-state index contributed by atoms with van der Waals surface area (Å²) in [6.07, 6.45) is 0. The van der Waals surface area contributed by atoms with E-state index >= 15 is 0 Å². The van der Waals surface area contributed by atoms with E-state index in [9.17, 15) is 4.79 Å². The predicted molar refractivity (Wildman–Crippen MR) is 69.0 cm³/mol. The van der Waals surface area contributed by atoms with Crippen molar-refractivity contribution in [1.29, 1.82) is 0 Å². The van der Waals surface area contributed by atoms with Crippen LogP contribution in [0.25, 0.3) is 0 Å². The molecule has 0 radical (unpaired) electrons. The van der Waals surface area contributed by atoms with Crippen molar-refractivity contribution in [2.24, 2.45) is 0 Å². The quantitative estimate of drug-likeness (QED) is 0.826. The first kappa shape index (κ1) is 12.7. The number of hydrogen-bond donors (Lipinski definition) is 0. The molecule has 1 amide bonds. The molecule has 4 nitrogen and oxygen atoms in total. The van der Waals surface area contributed by atoms with Gasteiger partial charge in [-0.3, -0.25) is 4.79 Å². The molecule has 0 saturated heterocycles. The largest absolute Gasteiger partial charge is 0.454 e. The number of benzene rings is 1. The molecule has 0 atom stereocenters. The number of hydrogen-bond acceptors (Lipinski definition) is 3. The van der Waals surface area contributed by atoms with Crippen LogP contribution in [0.3, 0.4) is 0 Å². The van der Waals surface area contributed by atoms with Crippen molar-refractivity contribution < 1.29 is 14.3 Å². The van der Waals surface area contributed by atoms with Crippen LogP contribution in [0.5, 0.6) is 11.5 Å². The number of carbonyl (C=O) groups excluding carboxylic acids is 1. The minimum atomic E-state index is 0.0262. The van der Waals surface area contributed by atoms with E-state index in [-0.39, 0.29) is 24.8 Å². The Morgan fingerprint density at radius 3 is 2.33 bits per heavy atom. The highest BCUT2D eigenvalue weighted by Gasteiger charge is 2.23. The maximum absolute atomic E-state index is 12.5. The van der Waals surface area contributed by atoms with E-state index in [2.05, 4.69) is 0 Å². The van der Waals surface area contributed by atoms with Crippen LogP contribution in [-0.2, 0) is 0 Å². The normalized spacial score (nSPS) is 13.2. The minimum Gasteiger partial charge on any atom is -0.454 e. The molecule has 0 unspecified atom stereocenters. The van der Waals surface area contributed by atoms with E-state index in [0.717, 1.165) is 0 Å². The number of rotatable bonds is 3. The zero-order valence-corrected chi connectivity index (χ0v) is 11.3. The molecule has 0 fully saturated rings. The van der Waals surface area contributed by atoms with Crippen LogP contribution < -0.4 is 9.47 Å². The first-order chi connectivity index (χ1) is 8.50. The Hall–Kier alpha value is -1.71. The van der Waals surface area contributed by atoms with E-state index < -0.39 is 0 Å². The van der Waals surface area contributed by atoms with Crippen molar-refractivity contribution in [3.8, 4) is 11.5 Å². The van der Waals surface area contributed by atoms with Gasteiger partial charge in [0.2, 0.25) is 6.79 Å². The van der Waals surface area contributed by atoms with Crippen LogP contribution >= 0.6 is 0 Å². The molecule has 18 heavy (non-hydrogen) atoms. The van der Waals surface area contributed by atoms with Crippen LogP contribution in [-0.4, -0.2) is 29.7 Å². The average molecular weight is 249 g/mol. The molecule has 1 aliphatic heterocycles. The fraction of sp³-hybridized carbons (Fsp3) is 0.500. The summed E-state index contributed by atoms with van der Waals surface area (Å²) in [6.45, 7) is 8.30. The summed E-state index contributed by atoms with van der Waals surface area (Å²) in [7, 11) is 0. The van der Waals surface area contributed by atoms with Gasteiger partial charge in [0.25, 0.3) is 5.91 Å². The van der Waals surface area contributed by atoms with Gasteiger partial charge in [-0.15, -0.1) is 0 Å². The third kappa shape index (κ3) is 2.28. The van der Waals surface area contributed by atoms with E-state index in [1.165, 1.54) is 0 Å². The lowest BCUT2D eigenvalue weighted by Crippen LogP contribution is -2.42. The Bertz CT molecular complexity index is 446. The Morgan fingerprint density at radius 1 is 1.11 bits per heavy atom. The summed E-state index contributed by atoms with van der Waals surface area (Å²) in [6, 6.07) is 5.66. The molecular formula is C14H19NO3. The second-order valence-corrected chi connectivity index (χ2v) is 4.97. The Morgan fingerprint density at radius 2 is 1.72 bits per heavy atom. The Balaban J connectivity index is 2.28. The van der Waals surface area contributed by atoms with E-state index in [4.69, 9.17) is 9.47 Å². The summed E-state index contributed by atoms with van der Waals surface area (Å²) in [4.78, 5) is 14.3. The predicted octanol–water partition coefficient (Wildman–Crippen LogP) is 2.67. The number of fused-ring (bicyclic) bond motifs is 1. The molecule has 0 saturated carbocycles. The summed E-state index contributed by atoms with van der Waals surface area (Å²) < 4.78 is 10.5. The third-order valence-electron chi connectivity index (χ3n) is 2.97. The van der Waals surface area contributed by atoms with Crippen molar-refractivity contribution in [1.82, 2.24) is 4.90 Å². The van der Waals surface area contributed by atoms with Crippen LogP contribution in [0.2, 0.25) is 0 Å². The fourth-order valence-electron chi connectivity index (χ4n) is 2.24. The molecular weight excluding hydrogens is 230 g/mol. The maximum Gasteiger partial charge on any atom is 0.254 e. The molecule has 98 valence electrons. The molecule has 0 bridgehead atoms. The summed E-state index contributed by atoms with van der Waals surface area (Å²) in [5, 5.41) is 0. The molecule has 0 aromatic heterocycles. The summed E-state index contributed by atoms with van der Waals surface area (Å²) >= 11 is 0. The van der Waals surface area contributed by atoms with Crippen molar-refractivity contribution >= 4 is 5.91 Å². The monoisotopic (exact) mass is 249 g/mol. The number of ether oxygens (including phenoxy) is 2. The first-order valence-electron chi connectivity index (χ1n) is 6.23. The lowest BCUT2D eigenvalue weighted by Gasteiger charge is -2.30. The van der Waals surface area contributed by atoms with Gasteiger partial charge in [0.15, 0.2) is 11.5 Å². The smallest absolute Gasteiger partial charge is 0.254 e. The summed E-state index contributed by atoms with van der Waals surface area (Å²) in [5.74, 6) is 1.37. The lowest BCUT2D eigenvalue weighted by atomic mass is 10.1. The van der Waals surface area contributed by atoms with E-state index in [1.807, 2.05) is 32.6 Å². The Kier molecular flexibility index (Phi) is 3.45. The molecule has 1 aromatic carbocycles. The first-order valence-corrected chi connectivity index (χ1v) is 6.23. The Labute approximate surface area is 107 Å². The zero-order valence-electron chi connectivity index (χ0n) is 11.3. The SMILES string of the molecule is CC(C)N(C(=O)c1ccc2c(c1)OCO2)C(C)C. The van der Waals surface area contributed by atoms with Gasteiger partial charge >= 0.3 is 0 Å². The van der Waals surface area contributed by atoms with Gasteiger partial charge in [0.05, 0.1) is 0 Å². The highest BCUT2D eigenvalue weighted by atomic mass is 16.7. The van der Waals surface area contributed by atoms with E-state index in [1.54, 1.807) is 18.2 Å². The number of nitrogens with zero attached hydrogens (tertiary/aromatic N) is 1. The molecule has 4 heteroatoms. The molecule has 0 spiro atoms. The standard InChI is InChI=1S/C14H19NO3/c1-9(2)15(10(3)4)14(16)11-5-6-12-13(7-11)18-8-17-12/h5-7,9-10H,8H2,1-4H3. The molecule has 2 rings (SSSR count). The van der Waals surface area contributed by atoms with Gasteiger partial charge in [-0.2, -0.15) is 0 Å². The maximum atomic E-state index is 12.5.